The van der Waals surface area contributed by atoms with Crippen LogP contribution < -0.4 is 0 Å². The van der Waals surface area contributed by atoms with Gasteiger partial charge >= 0.3 is 39.5 Å². The van der Waals surface area contributed by atoms with E-state index in [1.165, 1.54) is 161 Å². The molecule has 3 unspecified atom stereocenters. The van der Waals surface area contributed by atoms with Crippen LogP contribution in [0.1, 0.15) is 370 Å². The molecule has 0 spiro atoms. The van der Waals surface area contributed by atoms with Crippen molar-refractivity contribution >= 4 is 39.5 Å². The first-order valence-electron chi connectivity index (χ1n) is 38.2. The molecule has 0 aliphatic rings. The second-order valence-corrected chi connectivity index (χ2v) is 31.5. The average Bonchev–Trinajstić information content (AvgIpc) is 3.16. The molecule has 0 radical (unpaired) electrons. The maximum Gasteiger partial charge on any atom is 0.472 e. The van der Waals surface area contributed by atoms with Gasteiger partial charge in [-0.15, -0.1) is 0 Å². The first-order valence-corrected chi connectivity index (χ1v) is 41.2. The highest BCUT2D eigenvalue weighted by atomic mass is 31.2. The number of carbonyl (C=O) groups excluding carboxylic acids is 4. The van der Waals surface area contributed by atoms with Crippen LogP contribution in [-0.4, -0.2) is 96.7 Å². The highest BCUT2D eigenvalue weighted by molar-refractivity contribution is 7.47. The Bertz CT molecular complexity index is 1830. The Morgan fingerprint density at radius 3 is 0.667 bits per heavy atom. The molecule has 3 N–H and O–H groups in total. The lowest BCUT2D eigenvalue weighted by molar-refractivity contribution is -0.161. The van der Waals surface area contributed by atoms with E-state index in [0.717, 1.165) is 115 Å². The zero-order chi connectivity index (χ0) is 68.9. The number of esters is 4. The summed E-state index contributed by atoms with van der Waals surface area (Å²) in [5, 5.41) is 10.6. The Morgan fingerprint density at radius 1 is 0.269 bits per heavy atom. The number of ether oxygens (including phenoxy) is 4. The monoisotopic (exact) mass is 1370 g/mol. The molecule has 0 aromatic carbocycles. The molecular weight excluding hydrogens is 1220 g/mol. The number of carbonyl (C=O) groups is 4. The second kappa shape index (κ2) is 63.5. The minimum Gasteiger partial charge on any atom is -0.462 e. The molecule has 19 heteroatoms. The van der Waals surface area contributed by atoms with Crippen LogP contribution in [0.25, 0.3) is 0 Å². The van der Waals surface area contributed by atoms with Gasteiger partial charge in [-0.1, -0.05) is 319 Å². The summed E-state index contributed by atoms with van der Waals surface area (Å²) in [7, 11) is -9.91. The van der Waals surface area contributed by atoms with E-state index >= 15 is 0 Å². The lowest BCUT2D eigenvalue weighted by atomic mass is 10.0. The molecule has 0 saturated carbocycles. The summed E-state index contributed by atoms with van der Waals surface area (Å²) in [6.07, 6.45) is 47.6. The van der Waals surface area contributed by atoms with Crippen molar-refractivity contribution in [1.82, 2.24) is 0 Å². The van der Waals surface area contributed by atoms with Crippen molar-refractivity contribution in [1.29, 1.82) is 0 Å². The van der Waals surface area contributed by atoms with E-state index < -0.39 is 97.5 Å². The average molecular weight is 1370 g/mol. The summed E-state index contributed by atoms with van der Waals surface area (Å²) in [6, 6.07) is 0. The minimum absolute atomic E-state index is 0.106. The Morgan fingerprint density at radius 2 is 0.452 bits per heavy atom. The number of hydrogen-bond acceptors (Lipinski definition) is 15. The molecular formula is C74H144O17P2. The van der Waals surface area contributed by atoms with Gasteiger partial charge in [0.1, 0.15) is 19.3 Å². The number of phosphoric ester groups is 2. The van der Waals surface area contributed by atoms with E-state index in [0.29, 0.717) is 37.5 Å². The fraction of sp³-hybridized carbons (Fsp3) is 0.946. The molecule has 0 fully saturated rings. The first-order chi connectivity index (χ1) is 44.6. The fourth-order valence-corrected chi connectivity index (χ4v) is 12.8. The molecule has 5 atom stereocenters. The summed E-state index contributed by atoms with van der Waals surface area (Å²) in [5.74, 6) is 0.829. The SMILES string of the molecule is CC(C)CCCCCCCCCCCCCCCCCC(=O)O[C@H](COC(=O)CCCCCCCCC(C)C)COP(=O)(O)OCC(O)COP(=O)(O)OC[C@@H](COC(=O)CCCCCCCCC(C)C)OC(=O)CCCCCCCCCCCCCCCCC(C)C. The van der Waals surface area contributed by atoms with Crippen LogP contribution in [0.2, 0.25) is 0 Å². The standard InChI is InChI=1S/C74H144O17P2/c1-64(2)50-42-34-26-22-18-14-10-9-11-16-20-24-28-40-48-56-73(78)90-69(60-84-71(76)54-46-38-32-30-36-44-52-66(5)6)62-88-92(80,81)86-58-68(75)59-87-93(82,83)89-63-70(61-85-72(77)55-47-39-33-31-37-45-53-67(7)8)91-74(79)57-49-41-29-25-21-17-13-12-15-19-23-27-35-43-51-65(3)4/h64-70,75H,9-63H2,1-8H3,(H,80,81)(H,82,83)/t68?,69-,70-/m1/s1. The van der Waals surface area contributed by atoms with Gasteiger partial charge in [0.05, 0.1) is 26.4 Å². The van der Waals surface area contributed by atoms with Crippen molar-refractivity contribution < 1.29 is 80.2 Å². The van der Waals surface area contributed by atoms with Crippen LogP contribution in [0.5, 0.6) is 0 Å². The van der Waals surface area contributed by atoms with Crippen molar-refractivity contribution in [3.63, 3.8) is 0 Å². The molecule has 0 amide bonds. The summed E-state index contributed by atoms with van der Waals surface area (Å²) in [6.45, 7) is 14.1. The lowest BCUT2D eigenvalue weighted by Crippen LogP contribution is -2.30. The zero-order valence-corrected chi connectivity index (χ0v) is 62.7. The van der Waals surface area contributed by atoms with Crippen LogP contribution in [0.15, 0.2) is 0 Å². The molecule has 0 aliphatic carbocycles. The van der Waals surface area contributed by atoms with Gasteiger partial charge in [-0.3, -0.25) is 37.3 Å². The van der Waals surface area contributed by atoms with E-state index in [9.17, 15) is 43.2 Å². The molecule has 0 aromatic rings. The van der Waals surface area contributed by atoms with Gasteiger partial charge in [-0.25, -0.2) is 9.13 Å². The smallest absolute Gasteiger partial charge is 0.462 e. The van der Waals surface area contributed by atoms with Crippen LogP contribution >= 0.6 is 15.6 Å². The quantitative estimate of drug-likeness (QED) is 0.0222. The number of aliphatic hydroxyl groups excluding tert-OH is 1. The summed E-state index contributed by atoms with van der Waals surface area (Å²) in [4.78, 5) is 72.6. The molecule has 0 saturated heterocycles. The Kier molecular flexibility index (Phi) is 62.2. The second-order valence-electron chi connectivity index (χ2n) is 28.6. The van der Waals surface area contributed by atoms with Gasteiger partial charge in [0.15, 0.2) is 12.2 Å². The largest absolute Gasteiger partial charge is 0.472 e. The van der Waals surface area contributed by atoms with Crippen molar-refractivity contribution in [2.45, 2.75) is 388 Å². The maximum absolute atomic E-state index is 13.0. The fourth-order valence-electron chi connectivity index (χ4n) is 11.2. The number of unbranched alkanes of at least 4 members (excludes halogenated alkanes) is 37. The Hall–Kier alpha value is -1.94. The van der Waals surface area contributed by atoms with Gasteiger partial charge < -0.3 is 33.8 Å². The molecule has 0 heterocycles. The number of aliphatic hydroxyl groups is 1. The van der Waals surface area contributed by atoms with E-state index in [-0.39, 0.29) is 25.7 Å². The van der Waals surface area contributed by atoms with Gasteiger partial charge in [-0.2, -0.15) is 0 Å². The van der Waals surface area contributed by atoms with Crippen molar-refractivity contribution in [2.24, 2.45) is 23.7 Å². The summed E-state index contributed by atoms with van der Waals surface area (Å²) in [5.41, 5.74) is 0. The molecule has 0 rings (SSSR count). The van der Waals surface area contributed by atoms with Gasteiger partial charge in [0, 0.05) is 25.7 Å². The summed E-state index contributed by atoms with van der Waals surface area (Å²) < 4.78 is 68.4. The van der Waals surface area contributed by atoms with Gasteiger partial charge in [0.2, 0.25) is 0 Å². The van der Waals surface area contributed by atoms with Crippen molar-refractivity contribution in [3.05, 3.63) is 0 Å². The minimum atomic E-state index is -4.95. The third kappa shape index (κ3) is 68.4. The van der Waals surface area contributed by atoms with Crippen LogP contribution in [-0.2, 0) is 65.4 Å². The topological polar surface area (TPSA) is 237 Å². The lowest BCUT2D eigenvalue weighted by Gasteiger charge is -2.21. The molecule has 552 valence electrons. The predicted octanol–water partition coefficient (Wildman–Crippen LogP) is 21.3. The van der Waals surface area contributed by atoms with E-state index in [4.69, 9.17) is 37.0 Å². The highest BCUT2D eigenvalue weighted by Gasteiger charge is 2.30. The highest BCUT2D eigenvalue weighted by Crippen LogP contribution is 2.45. The predicted molar refractivity (Wildman–Crippen MR) is 377 cm³/mol. The summed E-state index contributed by atoms with van der Waals surface area (Å²) >= 11 is 0. The molecule has 0 aliphatic heterocycles. The molecule has 0 aromatic heterocycles. The van der Waals surface area contributed by atoms with E-state index in [1.807, 2.05) is 0 Å². The maximum atomic E-state index is 13.0. The van der Waals surface area contributed by atoms with Crippen LogP contribution in [0.3, 0.4) is 0 Å². The molecule has 93 heavy (non-hydrogen) atoms. The third-order valence-electron chi connectivity index (χ3n) is 17.1. The number of phosphoric acid groups is 2. The van der Waals surface area contributed by atoms with E-state index in [2.05, 4.69) is 55.4 Å². The van der Waals surface area contributed by atoms with Crippen molar-refractivity contribution in [2.75, 3.05) is 39.6 Å². The molecule has 0 bridgehead atoms. The normalized spacial score (nSPS) is 14.2. The van der Waals surface area contributed by atoms with Crippen LogP contribution in [0.4, 0.5) is 0 Å². The van der Waals surface area contributed by atoms with E-state index in [1.54, 1.807) is 0 Å². The number of hydrogen-bond donors (Lipinski definition) is 3. The van der Waals surface area contributed by atoms with Gasteiger partial charge in [0.25, 0.3) is 0 Å². The first kappa shape index (κ1) is 91.1. The van der Waals surface area contributed by atoms with Gasteiger partial charge in [-0.05, 0) is 49.4 Å². The van der Waals surface area contributed by atoms with Crippen molar-refractivity contribution in [3.8, 4) is 0 Å². The van der Waals surface area contributed by atoms with Crippen LogP contribution in [0, 0.1) is 23.7 Å². The molecule has 17 nitrogen and oxygen atoms in total. The Balaban J connectivity index is 5.18. The third-order valence-corrected chi connectivity index (χ3v) is 19.0. The Labute approximate surface area is 568 Å². The zero-order valence-electron chi connectivity index (χ0n) is 60.9. The number of rotatable bonds is 71.